The van der Waals surface area contributed by atoms with Crippen molar-refractivity contribution in [2.75, 3.05) is 0 Å². The van der Waals surface area contributed by atoms with E-state index in [0.29, 0.717) is 0 Å². The highest BCUT2D eigenvalue weighted by Gasteiger charge is 2.60. The molecule has 0 saturated heterocycles. The lowest BCUT2D eigenvalue weighted by Gasteiger charge is -2.45. The van der Waals surface area contributed by atoms with E-state index in [1.54, 1.807) is 0 Å². The number of halogens is 1. The molecule has 0 aromatic rings. The van der Waals surface area contributed by atoms with Crippen molar-refractivity contribution in [3.05, 3.63) is 0 Å². The third-order valence-corrected chi connectivity index (χ3v) is 32.2. The van der Waals surface area contributed by atoms with Gasteiger partial charge >= 0.3 is 0 Å². The van der Waals surface area contributed by atoms with Crippen LogP contribution in [0, 0.1) is 0 Å². The fourth-order valence-corrected chi connectivity index (χ4v) is 32.2. The summed E-state index contributed by atoms with van der Waals surface area (Å²) in [5, 5.41) is -1.72. The molecule has 0 radical (unpaired) electrons. The summed E-state index contributed by atoms with van der Waals surface area (Å²) in [5.41, 5.74) is 0. The van der Waals surface area contributed by atoms with Gasteiger partial charge in [0.25, 0.3) is 6.83 Å². The monoisotopic (exact) mass is 388 g/mol. The second-order valence-corrected chi connectivity index (χ2v) is 27.1. The summed E-state index contributed by atoms with van der Waals surface area (Å²) in [6.45, 7) is 20.9. The molecule has 0 aliphatic rings. The topological polar surface area (TPSA) is 40.1 Å². The van der Waals surface area contributed by atoms with Crippen LogP contribution in [-0.4, -0.2) is 20.6 Å². The Morgan fingerprint density at radius 1 is 0.682 bits per heavy atom. The Kier molecular flexibility index (Phi) is 6.52. The smallest absolute Gasteiger partial charge is 0.266 e. The van der Waals surface area contributed by atoms with Gasteiger partial charge in [0.05, 0.1) is 10.3 Å². The summed E-state index contributed by atoms with van der Waals surface area (Å²) in [4.78, 5) is 13.9. The summed E-state index contributed by atoms with van der Waals surface area (Å²) in [6.07, 6.45) is 0. The van der Waals surface area contributed by atoms with Crippen LogP contribution in [0.5, 0.6) is 0 Å². The average molecular weight is 389 g/mol. The summed E-state index contributed by atoms with van der Waals surface area (Å²) in [5.74, 6) is -2.52. The molecule has 0 heterocycles. The lowest BCUT2D eigenvalue weighted by Crippen LogP contribution is -2.31. The Morgan fingerprint density at radius 3 is 1.05 bits per heavy atom. The van der Waals surface area contributed by atoms with Crippen LogP contribution < -0.4 is 4.89 Å². The van der Waals surface area contributed by atoms with E-state index in [0.717, 1.165) is 0 Å². The third kappa shape index (κ3) is 3.58. The Labute approximate surface area is 144 Å². The lowest BCUT2D eigenvalue weighted by molar-refractivity contribution is -0.147. The van der Waals surface area contributed by atoms with Crippen molar-refractivity contribution in [3.8, 4) is 0 Å². The minimum atomic E-state index is -3.07. The molecule has 0 aliphatic heterocycles. The lowest BCUT2D eigenvalue weighted by atomic mass is 10.2. The van der Waals surface area contributed by atoms with E-state index in [1.807, 2.05) is 83.1 Å². The van der Waals surface area contributed by atoms with E-state index in [4.69, 9.17) is 11.2 Å². The zero-order chi connectivity index (χ0) is 18.6. The summed E-state index contributed by atoms with van der Waals surface area (Å²) >= 11 is 7.19. The van der Waals surface area contributed by atoms with Gasteiger partial charge in [-0.05, 0) is 41.5 Å². The molecule has 134 valence electrons. The van der Waals surface area contributed by atoms with E-state index in [2.05, 4.69) is 0 Å². The van der Waals surface area contributed by atoms with Crippen molar-refractivity contribution in [3.63, 3.8) is 0 Å². The van der Waals surface area contributed by atoms with Crippen LogP contribution in [-0.2, 0) is 4.57 Å². The second kappa shape index (κ2) is 6.18. The maximum Gasteiger partial charge on any atom is 0.266 e. The predicted octanol–water partition coefficient (Wildman–Crippen LogP) is 7.30. The number of rotatable bonds is 1. The highest BCUT2D eigenvalue weighted by Crippen LogP contribution is 2.94. The Bertz CT molecular complexity index is 488. The standard InChI is InChI=1S/C16H36ClO2P3/c1-13(2,3)21(17,14(4,5)6)20(18)22(19,15(7,8)9)16(10,11)12/h1-12H3. The van der Waals surface area contributed by atoms with E-state index in [1.165, 1.54) is 0 Å². The molecule has 0 saturated carbocycles. The highest BCUT2D eigenvalue weighted by atomic mass is 35.7. The van der Waals surface area contributed by atoms with Crippen molar-refractivity contribution in [1.82, 2.24) is 0 Å². The molecule has 0 spiro atoms. The van der Waals surface area contributed by atoms with Gasteiger partial charge < -0.3 is 4.89 Å². The maximum absolute atomic E-state index is 14.2. The van der Waals surface area contributed by atoms with Crippen molar-refractivity contribution in [2.24, 2.45) is 0 Å². The van der Waals surface area contributed by atoms with Crippen molar-refractivity contribution in [1.29, 1.82) is 0 Å². The Morgan fingerprint density at radius 2 is 0.909 bits per heavy atom. The minimum Gasteiger partial charge on any atom is -0.628 e. The van der Waals surface area contributed by atoms with Gasteiger partial charge in [0, 0.05) is 10.3 Å². The molecule has 22 heavy (non-hydrogen) atoms. The van der Waals surface area contributed by atoms with E-state index in [-0.39, 0.29) is 10.3 Å². The predicted molar refractivity (Wildman–Crippen MR) is 106 cm³/mol. The largest absolute Gasteiger partial charge is 0.628 e. The molecule has 0 aromatic carbocycles. The maximum atomic E-state index is 14.2. The zero-order valence-corrected chi connectivity index (χ0v) is 20.0. The number of hydrogen-bond donors (Lipinski definition) is 0. The first-order valence-electron chi connectivity index (χ1n) is 7.83. The third-order valence-electron chi connectivity index (χ3n) is 4.07. The van der Waals surface area contributed by atoms with Crippen LogP contribution in [0.25, 0.3) is 0 Å². The molecule has 0 aliphatic carbocycles. The fraction of sp³-hybridized carbons (Fsp3) is 1.00. The van der Waals surface area contributed by atoms with Crippen LogP contribution in [0.3, 0.4) is 0 Å². The first-order valence-corrected chi connectivity index (χ1v) is 14.9. The van der Waals surface area contributed by atoms with Crippen molar-refractivity contribution in [2.45, 2.75) is 104 Å². The molecule has 0 bridgehead atoms. The number of hydrogen-bond acceptors (Lipinski definition) is 2. The van der Waals surface area contributed by atoms with Crippen LogP contribution in [0.1, 0.15) is 83.1 Å². The van der Waals surface area contributed by atoms with Gasteiger partial charge in [-0.2, -0.15) is 0 Å². The van der Waals surface area contributed by atoms with E-state index >= 15 is 0 Å². The second-order valence-electron chi connectivity index (χ2n) is 10.1. The average Bonchev–Trinajstić information content (AvgIpc) is 2.19. The SMILES string of the molecule is CC(C)(C)P(=O)([P+]([O-])=P(Cl)(C(C)(C)C)C(C)(C)C)C(C)(C)C. The van der Waals surface area contributed by atoms with Gasteiger partial charge in [0.2, 0.25) is 0 Å². The Balaban J connectivity index is 7.23. The summed E-state index contributed by atoms with van der Waals surface area (Å²) in [6, 6.07) is 0. The van der Waals surface area contributed by atoms with Gasteiger partial charge in [-0.3, -0.25) is 4.57 Å². The fourth-order valence-electron chi connectivity index (χ4n) is 3.21. The zero-order valence-electron chi connectivity index (χ0n) is 16.5. The van der Waals surface area contributed by atoms with Crippen LogP contribution >= 0.6 is 31.1 Å². The molecule has 0 aromatic heterocycles. The van der Waals surface area contributed by atoms with Gasteiger partial charge in [-0.15, -0.1) is 0 Å². The van der Waals surface area contributed by atoms with Gasteiger partial charge in [-0.25, -0.2) is 0 Å². The molecule has 0 fully saturated rings. The quantitative estimate of drug-likeness (QED) is 0.442. The molecule has 6 heteroatoms. The van der Waals surface area contributed by atoms with Crippen molar-refractivity contribution < 1.29 is 9.46 Å². The molecule has 0 amide bonds. The molecule has 1 unspecified atom stereocenters. The molecule has 0 rings (SSSR count). The van der Waals surface area contributed by atoms with Gasteiger partial charge in [0.1, 0.15) is 13.0 Å². The normalized spacial score (nSPS) is 16.7. The molecular weight excluding hydrogens is 353 g/mol. The molecule has 1 atom stereocenters. The Hall–Kier alpha value is 1.21. The summed E-state index contributed by atoms with van der Waals surface area (Å²) in [7, 11) is -2.04. The minimum absolute atomic E-state index is 0.327. The van der Waals surface area contributed by atoms with Crippen LogP contribution in [0.15, 0.2) is 0 Å². The van der Waals surface area contributed by atoms with Crippen LogP contribution in [0.4, 0.5) is 0 Å². The first kappa shape index (κ1) is 23.2. The summed E-state index contributed by atoms with van der Waals surface area (Å²) < 4.78 is 14.2. The highest BCUT2D eigenvalue weighted by molar-refractivity contribution is 8.51. The molecular formula is C16H36ClO2P3. The van der Waals surface area contributed by atoms with Crippen molar-refractivity contribution >= 4 is 31.1 Å². The molecule has 2 nitrogen and oxygen atoms in total. The van der Waals surface area contributed by atoms with Gasteiger partial charge in [0.15, 0.2) is 0 Å². The van der Waals surface area contributed by atoms with Crippen LogP contribution in [0.2, 0.25) is 0 Å². The molecule has 0 N–H and O–H groups in total. The van der Waals surface area contributed by atoms with E-state index in [9.17, 15) is 9.46 Å². The van der Waals surface area contributed by atoms with E-state index < -0.39 is 30.2 Å². The first-order chi connectivity index (χ1) is 9.15. The van der Waals surface area contributed by atoms with Gasteiger partial charge in [-0.1, -0.05) is 52.8 Å².